The van der Waals surface area contributed by atoms with Crippen LogP contribution in [-0.4, -0.2) is 13.1 Å². The van der Waals surface area contributed by atoms with Gasteiger partial charge in [-0.15, -0.1) is 0 Å². The molecule has 5 heteroatoms. The molecule has 0 spiro atoms. The largest absolute Gasteiger partial charge is 0.493 e. The molecule has 3 rings (SSSR count). The molecule has 0 aliphatic rings. The summed E-state index contributed by atoms with van der Waals surface area (Å²) in [5, 5.41) is 5.59. The van der Waals surface area contributed by atoms with Gasteiger partial charge in [0.1, 0.15) is 5.75 Å². The van der Waals surface area contributed by atoms with Crippen LogP contribution < -0.4 is 20.1 Å². The van der Waals surface area contributed by atoms with Gasteiger partial charge in [0.25, 0.3) is 0 Å². The first-order valence-corrected chi connectivity index (χ1v) is 8.20. The number of anilines is 2. The highest BCUT2D eigenvalue weighted by Gasteiger charge is 2.13. The maximum Gasteiger partial charge on any atom is 0.323 e. The molecule has 0 saturated carbocycles. The highest BCUT2D eigenvalue weighted by molar-refractivity contribution is 6.00. The number of ether oxygens (including phenoxy) is 2. The molecule has 0 aliphatic heterocycles. The van der Waals surface area contributed by atoms with Crippen LogP contribution in [0.4, 0.5) is 16.2 Å². The van der Waals surface area contributed by atoms with E-state index in [2.05, 4.69) is 10.6 Å². The Labute approximate surface area is 152 Å². The van der Waals surface area contributed by atoms with Crippen molar-refractivity contribution in [2.45, 2.75) is 6.92 Å². The maximum atomic E-state index is 12.2. The van der Waals surface area contributed by atoms with Gasteiger partial charge in [0.2, 0.25) is 0 Å². The van der Waals surface area contributed by atoms with Gasteiger partial charge in [0.05, 0.1) is 7.11 Å². The van der Waals surface area contributed by atoms with E-state index in [1.807, 2.05) is 73.7 Å². The Morgan fingerprint density at radius 2 is 1.46 bits per heavy atom. The molecule has 5 nitrogen and oxygen atoms in total. The summed E-state index contributed by atoms with van der Waals surface area (Å²) >= 11 is 0. The van der Waals surface area contributed by atoms with Crippen molar-refractivity contribution >= 4 is 17.4 Å². The maximum absolute atomic E-state index is 12.2. The van der Waals surface area contributed by atoms with Crippen LogP contribution >= 0.6 is 0 Å². The predicted octanol–water partition coefficient (Wildman–Crippen LogP) is 5.44. The number of amides is 2. The monoisotopic (exact) mass is 348 g/mol. The van der Waals surface area contributed by atoms with Crippen LogP contribution in [0.25, 0.3) is 0 Å². The number of hydrogen-bond acceptors (Lipinski definition) is 3. The van der Waals surface area contributed by atoms with Crippen molar-refractivity contribution in [2.24, 2.45) is 0 Å². The summed E-state index contributed by atoms with van der Waals surface area (Å²) in [4.78, 5) is 12.2. The molecular formula is C21H20N2O3. The predicted molar refractivity (Wildman–Crippen MR) is 103 cm³/mol. The molecule has 2 N–H and O–H groups in total. The fourth-order valence-electron chi connectivity index (χ4n) is 2.52. The third-order valence-electron chi connectivity index (χ3n) is 3.71. The minimum absolute atomic E-state index is 0.325. The van der Waals surface area contributed by atoms with Gasteiger partial charge in [-0.25, -0.2) is 4.79 Å². The van der Waals surface area contributed by atoms with Crippen LogP contribution in [0.1, 0.15) is 5.56 Å². The van der Waals surface area contributed by atoms with Crippen molar-refractivity contribution in [2.75, 3.05) is 17.7 Å². The first-order valence-electron chi connectivity index (χ1n) is 8.20. The molecule has 0 saturated heterocycles. The van der Waals surface area contributed by atoms with E-state index in [4.69, 9.17) is 9.47 Å². The second-order valence-corrected chi connectivity index (χ2v) is 5.68. The van der Waals surface area contributed by atoms with Crippen LogP contribution in [0, 0.1) is 6.92 Å². The number of carbonyl (C=O) groups excluding carboxylic acids is 1. The van der Waals surface area contributed by atoms with Crippen LogP contribution in [-0.2, 0) is 0 Å². The molecule has 26 heavy (non-hydrogen) atoms. The molecule has 0 radical (unpaired) electrons. The standard InChI is InChI=1S/C21H20N2O3/c1-15-13-17(23-21(24)22-16-9-5-3-6-10-16)14-19(25-2)20(15)26-18-11-7-4-8-12-18/h3-14H,1-2H3,(H2,22,23,24). The van der Waals surface area contributed by atoms with E-state index in [0.29, 0.717) is 17.2 Å². The van der Waals surface area contributed by atoms with E-state index >= 15 is 0 Å². The number of aryl methyl sites for hydroxylation is 1. The van der Waals surface area contributed by atoms with E-state index in [0.717, 1.165) is 17.0 Å². The van der Waals surface area contributed by atoms with Gasteiger partial charge >= 0.3 is 6.03 Å². The fraction of sp³-hybridized carbons (Fsp3) is 0.0952. The molecule has 0 aliphatic carbocycles. The first-order chi connectivity index (χ1) is 12.7. The van der Waals surface area contributed by atoms with E-state index in [9.17, 15) is 4.79 Å². The van der Waals surface area contributed by atoms with Crippen molar-refractivity contribution in [3.05, 3.63) is 78.4 Å². The Kier molecular flexibility index (Phi) is 5.39. The SMILES string of the molecule is COc1cc(NC(=O)Nc2ccccc2)cc(C)c1Oc1ccccc1. The van der Waals surface area contributed by atoms with Crippen LogP contribution in [0.3, 0.4) is 0 Å². The second kappa shape index (κ2) is 8.07. The number of methoxy groups -OCH3 is 1. The van der Waals surface area contributed by atoms with Gasteiger partial charge in [0, 0.05) is 17.4 Å². The summed E-state index contributed by atoms with van der Waals surface area (Å²) in [5.41, 5.74) is 2.19. The highest BCUT2D eigenvalue weighted by Crippen LogP contribution is 2.37. The summed E-state index contributed by atoms with van der Waals surface area (Å²) < 4.78 is 11.4. The van der Waals surface area contributed by atoms with Gasteiger partial charge in [-0.05, 0) is 42.8 Å². The molecule has 0 fully saturated rings. The number of nitrogens with one attached hydrogen (secondary N) is 2. The van der Waals surface area contributed by atoms with Gasteiger partial charge in [-0.3, -0.25) is 0 Å². The smallest absolute Gasteiger partial charge is 0.323 e. The van der Waals surface area contributed by atoms with Crippen molar-refractivity contribution in [3.8, 4) is 17.2 Å². The average Bonchev–Trinajstić information content (AvgIpc) is 2.65. The van der Waals surface area contributed by atoms with E-state index in [1.54, 1.807) is 13.2 Å². The number of hydrogen-bond donors (Lipinski definition) is 2. The number of urea groups is 1. The lowest BCUT2D eigenvalue weighted by Gasteiger charge is -2.15. The average molecular weight is 348 g/mol. The van der Waals surface area contributed by atoms with E-state index < -0.39 is 0 Å². The minimum atomic E-state index is -0.325. The molecule has 2 amide bonds. The van der Waals surface area contributed by atoms with Gasteiger partial charge < -0.3 is 20.1 Å². The van der Waals surface area contributed by atoms with Crippen LogP contribution in [0.5, 0.6) is 17.2 Å². The first kappa shape index (κ1) is 17.4. The zero-order valence-corrected chi connectivity index (χ0v) is 14.7. The molecule has 3 aromatic carbocycles. The van der Waals surface area contributed by atoms with Crippen molar-refractivity contribution in [1.82, 2.24) is 0 Å². The lowest BCUT2D eigenvalue weighted by atomic mass is 10.1. The molecule has 0 unspecified atom stereocenters. The van der Waals surface area contributed by atoms with Crippen LogP contribution in [0.2, 0.25) is 0 Å². The van der Waals surface area contributed by atoms with E-state index in [-0.39, 0.29) is 6.03 Å². The second-order valence-electron chi connectivity index (χ2n) is 5.68. The number of para-hydroxylation sites is 2. The Hall–Kier alpha value is -3.47. The molecule has 3 aromatic rings. The number of rotatable bonds is 5. The van der Waals surface area contributed by atoms with Crippen molar-refractivity contribution < 1.29 is 14.3 Å². The summed E-state index contributed by atoms with van der Waals surface area (Å²) in [6.07, 6.45) is 0. The molecule has 0 heterocycles. The summed E-state index contributed by atoms with van der Waals surface area (Å²) in [6.45, 7) is 1.90. The normalized spacial score (nSPS) is 10.1. The van der Waals surface area contributed by atoms with Gasteiger partial charge in [-0.1, -0.05) is 36.4 Å². The Morgan fingerprint density at radius 3 is 2.12 bits per heavy atom. The number of carbonyl (C=O) groups is 1. The molecule has 0 bridgehead atoms. The zero-order chi connectivity index (χ0) is 18.4. The Morgan fingerprint density at radius 1 is 0.846 bits per heavy atom. The molecule has 132 valence electrons. The topological polar surface area (TPSA) is 59.6 Å². The Balaban J connectivity index is 1.77. The summed E-state index contributed by atoms with van der Waals surface area (Å²) in [6, 6.07) is 22.0. The molecular weight excluding hydrogens is 328 g/mol. The zero-order valence-electron chi connectivity index (χ0n) is 14.7. The van der Waals surface area contributed by atoms with Crippen molar-refractivity contribution in [3.63, 3.8) is 0 Å². The summed E-state index contributed by atoms with van der Waals surface area (Å²) in [7, 11) is 1.57. The summed E-state index contributed by atoms with van der Waals surface area (Å²) in [5.74, 6) is 1.88. The number of benzene rings is 3. The molecule has 0 atom stereocenters. The fourth-order valence-corrected chi connectivity index (χ4v) is 2.52. The third kappa shape index (κ3) is 4.33. The van der Waals surface area contributed by atoms with Gasteiger partial charge in [0.15, 0.2) is 11.5 Å². The lowest BCUT2D eigenvalue weighted by molar-refractivity contribution is 0.262. The molecule has 0 aromatic heterocycles. The lowest BCUT2D eigenvalue weighted by Crippen LogP contribution is -2.19. The van der Waals surface area contributed by atoms with Crippen molar-refractivity contribution in [1.29, 1.82) is 0 Å². The Bertz CT molecular complexity index is 881. The van der Waals surface area contributed by atoms with Gasteiger partial charge in [-0.2, -0.15) is 0 Å². The third-order valence-corrected chi connectivity index (χ3v) is 3.71. The van der Waals surface area contributed by atoms with Crippen LogP contribution in [0.15, 0.2) is 72.8 Å². The quantitative estimate of drug-likeness (QED) is 0.645. The minimum Gasteiger partial charge on any atom is -0.493 e. The highest BCUT2D eigenvalue weighted by atomic mass is 16.5. The van der Waals surface area contributed by atoms with E-state index in [1.165, 1.54) is 0 Å².